The lowest BCUT2D eigenvalue weighted by Gasteiger charge is -2.08. The molecule has 0 bridgehead atoms. The Morgan fingerprint density at radius 2 is 1.77 bits per heavy atom. The van der Waals surface area contributed by atoms with Crippen LogP contribution in [0.3, 0.4) is 0 Å². The minimum Gasteiger partial charge on any atom is -0.490 e. The van der Waals surface area contributed by atoms with Gasteiger partial charge in [-0.3, -0.25) is 9.59 Å². The molecule has 0 spiro atoms. The number of amides is 2. The van der Waals surface area contributed by atoms with Gasteiger partial charge in [0.1, 0.15) is 12.4 Å². The van der Waals surface area contributed by atoms with Gasteiger partial charge in [0.05, 0.1) is 0 Å². The van der Waals surface area contributed by atoms with E-state index in [0.717, 1.165) is 0 Å². The second-order valence-electron chi connectivity index (χ2n) is 5.54. The molecular weight excluding hydrogens is 352 g/mol. The summed E-state index contributed by atoms with van der Waals surface area (Å²) in [6.07, 6.45) is 2.52. The van der Waals surface area contributed by atoms with Crippen molar-refractivity contribution in [3.63, 3.8) is 0 Å². The molecular formula is C20H21ClN2O3. The molecule has 0 aromatic heterocycles. The van der Waals surface area contributed by atoms with Gasteiger partial charge in [0.25, 0.3) is 5.91 Å². The number of carbonyl (C=O) groups excluding carboxylic acids is 2. The van der Waals surface area contributed by atoms with Crippen molar-refractivity contribution in [2.45, 2.75) is 12.8 Å². The Hall–Kier alpha value is -2.79. The molecule has 0 heterocycles. The molecule has 0 radical (unpaired) electrons. The lowest BCUT2D eigenvalue weighted by Crippen LogP contribution is -2.25. The number of nitrogens with one attached hydrogen (secondary N) is 2. The molecule has 2 aromatic carbocycles. The molecule has 2 N–H and O–H groups in total. The Morgan fingerprint density at radius 3 is 2.42 bits per heavy atom. The summed E-state index contributed by atoms with van der Waals surface area (Å²) in [4.78, 5) is 23.9. The molecule has 0 unspecified atom stereocenters. The average Bonchev–Trinajstić information content (AvgIpc) is 2.65. The van der Waals surface area contributed by atoms with E-state index in [4.69, 9.17) is 16.3 Å². The van der Waals surface area contributed by atoms with Crippen LogP contribution in [0.5, 0.6) is 5.75 Å². The molecule has 136 valence electrons. The number of anilines is 1. The maximum absolute atomic E-state index is 12.1. The first-order valence-corrected chi connectivity index (χ1v) is 8.63. The maximum atomic E-state index is 12.1. The highest BCUT2D eigenvalue weighted by molar-refractivity contribution is 6.30. The summed E-state index contributed by atoms with van der Waals surface area (Å²) in [5.74, 6) is 0.393. The number of ether oxygens (including phenoxy) is 1. The SMILES string of the molecule is C=CCOc1ccc(C(=O)NCCCC(=O)Nc2ccc(Cl)cc2)cc1. The van der Waals surface area contributed by atoms with Crippen molar-refractivity contribution in [1.82, 2.24) is 5.32 Å². The first-order chi connectivity index (χ1) is 12.6. The van der Waals surface area contributed by atoms with Gasteiger partial charge < -0.3 is 15.4 Å². The van der Waals surface area contributed by atoms with Crippen LogP contribution in [0.1, 0.15) is 23.2 Å². The second kappa shape index (κ2) is 10.3. The molecule has 2 aromatic rings. The molecule has 2 amide bonds. The predicted molar refractivity (Wildman–Crippen MR) is 104 cm³/mol. The highest BCUT2D eigenvalue weighted by Gasteiger charge is 2.06. The topological polar surface area (TPSA) is 67.4 Å². The molecule has 6 heteroatoms. The van der Waals surface area contributed by atoms with E-state index in [1.165, 1.54) is 0 Å². The zero-order valence-corrected chi connectivity index (χ0v) is 15.1. The lowest BCUT2D eigenvalue weighted by atomic mass is 10.2. The van der Waals surface area contributed by atoms with Crippen molar-refractivity contribution in [1.29, 1.82) is 0 Å². The summed E-state index contributed by atoms with van der Waals surface area (Å²) in [6, 6.07) is 13.8. The molecule has 0 saturated heterocycles. The summed E-state index contributed by atoms with van der Waals surface area (Å²) < 4.78 is 5.37. The highest BCUT2D eigenvalue weighted by Crippen LogP contribution is 2.14. The predicted octanol–water partition coefficient (Wildman–Crippen LogP) is 4.05. The quantitative estimate of drug-likeness (QED) is 0.515. The van der Waals surface area contributed by atoms with Gasteiger partial charge in [-0.2, -0.15) is 0 Å². The Kier molecular flexibility index (Phi) is 7.71. The number of halogens is 1. The van der Waals surface area contributed by atoms with E-state index in [9.17, 15) is 9.59 Å². The van der Waals surface area contributed by atoms with Gasteiger partial charge in [0.2, 0.25) is 5.91 Å². The van der Waals surface area contributed by atoms with Gasteiger partial charge in [-0.25, -0.2) is 0 Å². The van der Waals surface area contributed by atoms with E-state index in [0.29, 0.717) is 48.0 Å². The normalized spacial score (nSPS) is 10.0. The van der Waals surface area contributed by atoms with Gasteiger partial charge in [-0.1, -0.05) is 24.3 Å². The van der Waals surface area contributed by atoms with Gasteiger partial charge in [0.15, 0.2) is 0 Å². The molecule has 0 atom stereocenters. The van der Waals surface area contributed by atoms with Crippen LogP contribution in [-0.4, -0.2) is 25.0 Å². The van der Waals surface area contributed by atoms with E-state index in [1.54, 1.807) is 54.6 Å². The Labute approximate surface area is 158 Å². The van der Waals surface area contributed by atoms with Crippen LogP contribution in [0.2, 0.25) is 5.02 Å². The summed E-state index contributed by atoms with van der Waals surface area (Å²) >= 11 is 5.80. The van der Waals surface area contributed by atoms with E-state index in [1.807, 2.05) is 0 Å². The average molecular weight is 373 g/mol. The van der Waals surface area contributed by atoms with Crippen LogP contribution >= 0.6 is 11.6 Å². The van der Waals surface area contributed by atoms with Gasteiger partial charge in [-0.15, -0.1) is 0 Å². The summed E-state index contributed by atoms with van der Waals surface area (Å²) in [5.41, 5.74) is 1.24. The fourth-order valence-corrected chi connectivity index (χ4v) is 2.29. The van der Waals surface area contributed by atoms with Crippen molar-refractivity contribution in [3.05, 3.63) is 71.8 Å². The van der Waals surface area contributed by atoms with Crippen LogP contribution in [0, 0.1) is 0 Å². The second-order valence-corrected chi connectivity index (χ2v) is 5.98. The zero-order valence-electron chi connectivity index (χ0n) is 14.3. The van der Waals surface area contributed by atoms with Crippen molar-refractivity contribution >= 4 is 29.1 Å². The van der Waals surface area contributed by atoms with Crippen LogP contribution < -0.4 is 15.4 Å². The standard InChI is InChI=1S/C20H21ClN2O3/c1-2-14-26-18-11-5-15(6-12-18)20(25)22-13-3-4-19(24)23-17-9-7-16(21)8-10-17/h2,5-12H,1,3-4,13-14H2,(H,22,25)(H,23,24). The van der Waals surface area contributed by atoms with Gasteiger partial charge >= 0.3 is 0 Å². The molecule has 0 aliphatic rings. The minimum absolute atomic E-state index is 0.106. The Morgan fingerprint density at radius 1 is 1.08 bits per heavy atom. The zero-order chi connectivity index (χ0) is 18.8. The maximum Gasteiger partial charge on any atom is 0.251 e. The smallest absolute Gasteiger partial charge is 0.251 e. The van der Waals surface area contributed by atoms with Gasteiger partial charge in [0, 0.05) is 29.2 Å². The number of carbonyl (C=O) groups is 2. The van der Waals surface area contributed by atoms with Crippen LogP contribution in [0.25, 0.3) is 0 Å². The molecule has 26 heavy (non-hydrogen) atoms. The van der Waals surface area contributed by atoms with Crippen molar-refractivity contribution in [3.8, 4) is 5.75 Å². The highest BCUT2D eigenvalue weighted by atomic mass is 35.5. The van der Waals surface area contributed by atoms with Crippen LogP contribution in [0.15, 0.2) is 61.2 Å². The monoisotopic (exact) mass is 372 g/mol. The van der Waals surface area contributed by atoms with E-state index < -0.39 is 0 Å². The number of hydrogen-bond donors (Lipinski definition) is 2. The van der Waals surface area contributed by atoms with Crippen LogP contribution in [-0.2, 0) is 4.79 Å². The number of benzene rings is 2. The van der Waals surface area contributed by atoms with Crippen molar-refractivity contribution < 1.29 is 14.3 Å². The fourth-order valence-electron chi connectivity index (χ4n) is 2.17. The molecule has 2 rings (SSSR count). The minimum atomic E-state index is -0.182. The Bertz CT molecular complexity index is 743. The third-order valence-electron chi connectivity index (χ3n) is 3.48. The van der Waals surface area contributed by atoms with Crippen LogP contribution in [0.4, 0.5) is 5.69 Å². The lowest BCUT2D eigenvalue weighted by molar-refractivity contribution is -0.116. The largest absolute Gasteiger partial charge is 0.490 e. The molecule has 0 saturated carbocycles. The third-order valence-corrected chi connectivity index (χ3v) is 3.73. The summed E-state index contributed by atoms with van der Waals surface area (Å²) in [7, 11) is 0. The number of hydrogen-bond acceptors (Lipinski definition) is 3. The number of rotatable bonds is 9. The first-order valence-electron chi connectivity index (χ1n) is 8.26. The molecule has 5 nitrogen and oxygen atoms in total. The summed E-state index contributed by atoms with van der Waals surface area (Å²) in [6.45, 7) is 4.42. The molecule has 0 aliphatic heterocycles. The fraction of sp³-hybridized carbons (Fsp3) is 0.200. The molecule has 0 aliphatic carbocycles. The Balaban J connectivity index is 1.68. The van der Waals surface area contributed by atoms with E-state index >= 15 is 0 Å². The van der Waals surface area contributed by atoms with Crippen molar-refractivity contribution in [2.75, 3.05) is 18.5 Å². The van der Waals surface area contributed by atoms with Gasteiger partial charge in [-0.05, 0) is 55.0 Å². The van der Waals surface area contributed by atoms with E-state index in [2.05, 4.69) is 17.2 Å². The third kappa shape index (κ3) is 6.61. The first kappa shape index (κ1) is 19.5. The summed E-state index contributed by atoms with van der Waals surface area (Å²) in [5, 5.41) is 6.19. The van der Waals surface area contributed by atoms with E-state index in [-0.39, 0.29) is 11.8 Å². The van der Waals surface area contributed by atoms with Crippen molar-refractivity contribution in [2.24, 2.45) is 0 Å². The molecule has 0 fully saturated rings.